The van der Waals surface area contributed by atoms with E-state index in [0.717, 1.165) is 102 Å². The zero-order chi connectivity index (χ0) is 67.9. The van der Waals surface area contributed by atoms with Gasteiger partial charge < -0.3 is 33.8 Å². The highest BCUT2D eigenvalue weighted by Crippen LogP contribution is 2.45. The molecule has 92 heavy (non-hydrogen) atoms. The molecule has 3 N–H and O–H groups in total. The Morgan fingerprint density at radius 2 is 0.554 bits per heavy atom. The zero-order valence-corrected chi connectivity index (χ0v) is 61.6. The van der Waals surface area contributed by atoms with E-state index in [4.69, 9.17) is 37.0 Å². The van der Waals surface area contributed by atoms with Gasteiger partial charge in [-0.15, -0.1) is 0 Å². The van der Waals surface area contributed by atoms with E-state index in [1.165, 1.54) is 193 Å². The monoisotopic (exact) mass is 1350 g/mol. The van der Waals surface area contributed by atoms with E-state index in [2.05, 4.69) is 41.5 Å². The molecule has 0 bridgehead atoms. The Labute approximate surface area is 562 Å². The molecule has 3 unspecified atom stereocenters. The summed E-state index contributed by atoms with van der Waals surface area (Å²) in [5.74, 6) is -0.539. The lowest BCUT2D eigenvalue weighted by molar-refractivity contribution is -0.161. The third-order valence-corrected chi connectivity index (χ3v) is 19.2. The molecule has 19 heteroatoms. The second kappa shape index (κ2) is 65.0. The molecule has 0 aromatic heterocycles. The largest absolute Gasteiger partial charge is 0.472 e. The van der Waals surface area contributed by atoms with E-state index in [1.54, 1.807) is 0 Å². The van der Waals surface area contributed by atoms with Crippen LogP contribution in [-0.2, 0) is 65.4 Å². The minimum Gasteiger partial charge on any atom is -0.462 e. The van der Waals surface area contributed by atoms with Gasteiger partial charge in [-0.3, -0.25) is 37.3 Å². The predicted molar refractivity (Wildman–Crippen MR) is 372 cm³/mol. The zero-order valence-electron chi connectivity index (χ0n) is 59.9. The number of hydrogen-bond donors (Lipinski definition) is 3. The Morgan fingerprint density at radius 3 is 0.826 bits per heavy atom. The molecule has 0 saturated carbocycles. The fourth-order valence-electron chi connectivity index (χ4n) is 11.1. The molecule has 0 aliphatic carbocycles. The third-order valence-electron chi connectivity index (χ3n) is 17.3. The SMILES string of the molecule is CCCCCCCCCCCCCC(=O)OC[C@H](COP(=O)(O)OC[C@H](O)COP(=O)(O)OC[C@@H](COC(=O)CCCCCCCCCCC(C)CC)OC(=O)CCCCCCCCCCCCCCCCCC(C)C)OC(=O)CCCCCCCCCCCCC. The molecule has 0 fully saturated rings. The number of aliphatic hydroxyl groups excluding tert-OH is 1. The van der Waals surface area contributed by atoms with Gasteiger partial charge in [-0.1, -0.05) is 324 Å². The number of phosphoric ester groups is 2. The first-order valence-electron chi connectivity index (χ1n) is 38.0. The summed E-state index contributed by atoms with van der Waals surface area (Å²) in [7, 11) is -9.90. The van der Waals surface area contributed by atoms with E-state index in [0.29, 0.717) is 25.7 Å². The molecular weight excluding hydrogens is 1210 g/mol. The standard InChI is InChI=1S/C73H142O17P2/c1-7-10-12-14-16-18-25-30-37-43-49-55-70(75)83-61-68(89-72(77)57-51-45-39-31-26-19-17-15-13-11-8-2)63-87-91(79,80)85-59-67(74)60-86-92(81,82)88-64-69(62-84-71(76)56-50-44-38-34-33-36-42-48-54-66(6)9-3)90-73(78)58-52-46-40-32-28-24-22-20-21-23-27-29-35-41-47-53-65(4)5/h65-69,74H,7-64H2,1-6H3,(H,79,80)(H,81,82)/t66?,67-,68+,69+/m0/s1. The lowest BCUT2D eigenvalue weighted by Crippen LogP contribution is -2.30. The van der Waals surface area contributed by atoms with Crippen LogP contribution in [0.4, 0.5) is 0 Å². The second-order valence-corrected chi connectivity index (χ2v) is 30.0. The summed E-state index contributed by atoms with van der Waals surface area (Å²) in [4.78, 5) is 72.7. The quantitative estimate of drug-likeness (QED) is 0.0222. The molecule has 0 saturated heterocycles. The van der Waals surface area contributed by atoms with Crippen LogP contribution in [0.25, 0.3) is 0 Å². The van der Waals surface area contributed by atoms with Crippen LogP contribution in [-0.4, -0.2) is 96.7 Å². The van der Waals surface area contributed by atoms with E-state index in [1.807, 2.05) is 0 Å². The molecule has 0 heterocycles. The third kappa shape index (κ3) is 65.4. The molecular formula is C73H142O17P2. The van der Waals surface area contributed by atoms with Crippen molar-refractivity contribution in [2.75, 3.05) is 39.6 Å². The van der Waals surface area contributed by atoms with Crippen LogP contribution in [0, 0.1) is 11.8 Å². The highest BCUT2D eigenvalue weighted by molar-refractivity contribution is 7.47. The van der Waals surface area contributed by atoms with Gasteiger partial charge in [0.2, 0.25) is 0 Å². The van der Waals surface area contributed by atoms with Gasteiger partial charge in [0.25, 0.3) is 0 Å². The van der Waals surface area contributed by atoms with Crippen LogP contribution in [0.15, 0.2) is 0 Å². The summed E-state index contributed by atoms with van der Waals surface area (Å²) in [5.41, 5.74) is 0. The number of esters is 4. The molecule has 0 aliphatic rings. The van der Waals surface area contributed by atoms with Crippen molar-refractivity contribution in [2.45, 2.75) is 394 Å². The maximum atomic E-state index is 13.1. The van der Waals surface area contributed by atoms with E-state index in [9.17, 15) is 43.2 Å². The van der Waals surface area contributed by atoms with Gasteiger partial charge in [0, 0.05) is 25.7 Å². The summed E-state index contributed by atoms with van der Waals surface area (Å²) >= 11 is 0. The maximum Gasteiger partial charge on any atom is 0.472 e. The van der Waals surface area contributed by atoms with Crippen LogP contribution in [0.3, 0.4) is 0 Å². The highest BCUT2D eigenvalue weighted by atomic mass is 31.2. The van der Waals surface area contributed by atoms with Gasteiger partial charge in [0.1, 0.15) is 19.3 Å². The summed E-state index contributed by atoms with van der Waals surface area (Å²) < 4.78 is 68.4. The summed E-state index contributed by atoms with van der Waals surface area (Å²) in [6.45, 7) is 9.60. The molecule has 0 aromatic carbocycles. The first-order valence-corrected chi connectivity index (χ1v) is 41.0. The van der Waals surface area contributed by atoms with Crippen LogP contribution < -0.4 is 0 Å². The Hall–Kier alpha value is -1.94. The van der Waals surface area contributed by atoms with Gasteiger partial charge in [0.15, 0.2) is 12.2 Å². The van der Waals surface area contributed by atoms with Crippen LogP contribution in [0.5, 0.6) is 0 Å². The van der Waals surface area contributed by atoms with E-state index < -0.39 is 97.5 Å². The number of hydrogen-bond acceptors (Lipinski definition) is 15. The normalized spacial score (nSPS) is 14.4. The van der Waals surface area contributed by atoms with Crippen molar-refractivity contribution in [1.82, 2.24) is 0 Å². The number of carbonyl (C=O) groups is 4. The minimum absolute atomic E-state index is 0.107. The van der Waals surface area contributed by atoms with Crippen molar-refractivity contribution >= 4 is 39.5 Å². The number of unbranched alkanes of at least 4 members (excludes halogenated alkanes) is 41. The van der Waals surface area contributed by atoms with Gasteiger partial charge in [0.05, 0.1) is 26.4 Å². The van der Waals surface area contributed by atoms with Crippen molar-refractivity contribution in [3.8, 4) is 0 Å². The van der Waals surface area contributed by atoms with E-state index in [-0.39, 0.29) is 25.7 Å². The van der Waals surface area contributed by atoms with Crippen LogP contribution >= 0.6 is 15.6 Å². The summed E-state index contributed by atoms with van der Waals surface area (Å²) in [5, 5.41) is 10.6. The number of rotatable bonds is 72. The van der Waals surface area contributed by atoms with Crippen LogP contribution in [0.1, 0.15) is 375 Å². The first kappa shape index (κ1) is 90.1. The fraction of sp³-hybridized carbons (Fsp3) is 0.945. The van der Waals surface area contributed by atoms with Gasteiger partial charge >= 0.3 is 39.5 Å². The minimum atomic E-state index is -4.95. The second-order valence-electron chi connectivity index (χ2n) is 27.1. The predicted octanol–water partition coefficient (Wildman–Crippen LogP) is 21.2. The maximum absolute atomic E-state index is 13.1. The number of carbonyl (C=O) groups excluding carboxylic acids is 4. The average Bonchev–Trinajstić information content (AvgIpc) is 3.08. The van der Waals surface area contributed by atoms with Crippen LogP contribution in [0.2, 0.25) is 0 Å². The fourth-order valence-corrected chi connectivity index (χ4v) is 12.7. The molecule has 0 aromatic rings. The molecule has 0 radical (unpaired) electrons. The van der Waals surface area contributed by atoms with Gasteiger partial charge in [-0.05, 0) is 37.5 Å². The molecule has 6 atom stereocenters. The van der Waals surface area contributed by atoms with Gasteiger partial charge in [-0.25, -0.2) is 9.13 Å². The topological polar surface area (TPSA) is 237 Å². The average molecular weight is 1350 g/mol. The molecule has 0 amide bonds. The summed E-state index contributed by atoms with van der Waals surface area (Å²) in [6, 6.07) is 0. The molecule has 546 valence electrons. The molecule has 0 aliphatic heterocycles. The van der Waals surface area contributed by atoms with Crippen molar-refractivity contribution in [3.63, 3.8) is 0 Å². The van der Waals surface area contributed by atoms with Crippen molar-refractivity contribution in [1.29, 1.82) is 0 Å². The van der Waals surface area contributed by atoms with E-state index >= 15 is 0 Å². The van der Waals surface area contributed by atoms with Crippen molar-refractivity contribution in [3.05, 3.63) is 0 Å². The van der Waals surface area contributed by atoms with Gasteiger partial charge in [-0.2, -0.15) is 0 Å². The molecule has 17 nitrogen and oxygen atoms in total. The Balaban J connectivity index is 5.23. The number of phosphoric acid groups is 2. The smallest absolute Gasteiger partial charge is 0.462 e. The van der Waals surface area contributed by atoms with Crippen molar-refractivity contribution in [2.24, 2.45) is 11.8 Å². The first-order chi connectivity index (χ1) is 44.4. The lowest BCUT2D eigenvalue weighted by atomic mass is 9.99. The van der Waals surface area contributed by atoms with Crippen molar-refractivity contribution < 1.29 is 80.2 Å². The number of ether oxygens (including phenoxy) is 4. The number of aliphatic hydroxyl groups is 1. The Morgan fingerprint density at radius 1 is 0.315 bits per heavy atom. The lowest BCUT2D eigenvalue weighted by Gasteiger charge is -2.21. The Kier molecular flexibility index (Phi) is 63.7. The molecule has 0 spiro atoms. The highest BCUT2D eigenvalue weighted by Gasteiger charge is 2.30. The summed E-state index contributed by atoms with van der Waals surface area (Å²) in [6.07, 6.45) is 51.2. The molecule has 0 rings (SSSR count). The Bertz CT molecular complexity index is 1790.